The van der Waals surface area contributed by atoms with Gasteiger partial charge in [0.05, 0.1) is 11.9 Å². The Morgan fingerprint density at radius 1 is 1.25 bits per heavy atom. The van der Waals surface area contributed by atoms with E-state index in [4.69, 9.17) is 20.4 Å². The van der Waals surface area contributed by atoms with Crippen molar-refractivity contribution in [1.29, 1.82) is 0 Å². The van der Waals surface area contributed by atoms with Crippen LogP contribution in [0.2, 0.25) is 0 Å². The topological polar surface area (TPSA) is 98.0 Å². The predicted octanol–water partition coefficient (Wildman–Crippen LogP) is -2.44. The molecule has 0 bridgehead atoms. The summed E-state index contributed by atoms with van der Waals surface area (Å²) < 4.78 is 0. The summed E-state index contributed by atoms with van der Waals surface area (Å²) in [6, 6.07) is 0. The second-order valence-corrected chi connectivity index (χ2v) is 2.95. The molecule has 4 atom stereocenters. The van der Waals surface area contributed by atoms with E-state index in [9.17, 15) is 4.79 Å². The standard InChI is InChI=1S/C6H12O5S/c7-1-3(9)5(10)6(11)4(12)2-8/h2-7,9-12H,1H2. The van der Waals surface area contributed by atoms with Crippen LogP contribution in [-0.4, -0.2) is 56.9 Å². The lowest BCUT2D eigenvalue weighted by atomic mass is 10.1. The van der Waals surface area contributed by atoms with Gasteiger partial charge in [-0.15, -0.1) is 0 Å². The first kappa shape index (κ1) is 11.9. The molecule has 5 nitrogen and oxygen atoms in total. The number of carbonyl (C=O) groups is 1. The molecule has 72 valence electrons. The van der Waals surface area contributed by atoms with Crippen molar-refractivity contribution in [2.45, 2.75) is 23.6 Å². The highest BCUT2D eigenvalue weighted by Crippen LogP contribution is 2.07. The van der Waals surface area contributed by atoms with Crippen LogP contribution in [0.4, 0.5) is 0 Å². The zero-order valence-electron chi connectivity index (χ0n) is 6.24. The van der Waals surface area contributed by atoms with Crippen LogP contribution >= 0.6 is 12.6 Å². The molecule has 0 radical (unpaired) electrons. The van der Waals surface area contributed by atoms with Gasteiger partial charge in [0.25, 0.3) is 0 Å². The van der Waals surface area contributed by atoms with Gasteiger partial charge in [0, 0.05) is 0 Å². The summed E-state index contributed by atoms with van der Waals surface area (Å²) in [7, 11) is 0. The van der Waals surface area contributed by atoms with Gasteiger partial charge in [-0.1, -0.05) is 0 Å². The monoisotopic (exact) mass is 196 g/mol. The van der Waals surface area contributed by atoms with Gasteiger partial charge in [-0.2, -0.15) is 12.6 Å². The van der Waals surface area contributed by atoms with Gasteiger partial charge in [-0.05, 0) is 0 Å². The molecule has 0 amide bonds. The second-order valence-electron chi connectivity index (χ2n) is 2.36. The van der Waals surface area contributed by atoms with E-state index in [1.54, 1.807) is 0 Å². The minimum atomic E-state index is -1.57. The van der Waals surface area contributed by atoms with Gasteiger partial charge < -0.3 is 25.2 Å². The molecule has 4 unspecified atom stereocenters. The molecule has 0 spiro atoms. The molecule has 12 heavy (non-hydrogen) atoms. The SMILES string of the molecule is O=CC(S)C(O)C(O)C(O)CO. The van der Waals surface area contributed by atoms with E-state index in [1.807, 2.05) is 0 Å². The number of thiol groups is 1. The third-order valence-corrected chi connectivity index (χ3v) is 1.85. The molecule has 0 aromatic carbocycles. The Hall–Kier alpha value is -0.140. The summed E-state index contributed by atoms with van der Waals surface area (Å²) >= 11 is 3.63. The van der Waals surface area contributed by atoms with E-state index < -0.39 is 30.2 Å². The maximum Gasteiger partial charge on any atom is 0.135 e. The van der Waals surface area contributed by atoms with Gasteiger partial charge in [0.1, 0.15) is 24.6 Å². The van der Waals surface area contributed by atoms with Crippen LogP contribution in [0.25, 0.3) is 0 Å². The number of aliphatic hydroxyl groups is 4. The van der Waals surface area contributed by atoms with Crippen molar-refractivity contribution >= 4 is 18.9 Å². The Morgan fingerprint density at radius 3 is 2.08 bits per heavy atom. The fourth-order valence-corrected chi connectivity index (χ4v) is 0.794. The van der Waals surface area contributed by atoms with Gasteiger partial charge in [-0.25, -0.2) is 0 Å². The van der Waals surface area contributed by atoms with Gasteiger partial charge in [0.2, 0.25) is 0 Å². The molecular weight excluding hydrogens is 184 g/mol. The van der Waals surface area contributed by atoms with E-state index in [2.05, 4.69) is 12.6 Å². The smallest absolute Gasteiger partial charge is 0.135 e. The summed E-state index contributed by atoms with van der Waals surface area (Å²) in [5.74, 6) is 0. The second kappa shape index (κ2) is 5.50. The molecule has 0 aromatic rings. The molecule has 0 aromatic heterocycles. The maximum absolute atomic E-state index is 10.1. The number of rotatable bonds is 5. The molecule has 0 rings (SSSR count). The lowest BCUT2D eigenvalue weighted by molar-refractivity contribution is -0.114. The summed E-state index contributed by atoms with van der Waals surface area (Å²) in [6.45, 7) is -0.683. The van der Waals surface area contributed by atoms with E-state index in [-0.39, 0.29) is 0 Å². The van der Waals surface area contributed by atoms with E-state index >= 15 is 0 Å². The van der Waals surface area contributed by atoms with Crippen molar-refractivity contribution in [2.24, 2.45) is 0 Å². The average Bonchev–Trinajstić information content (AvgIpc) is 2.12. The van der Waals surface area contributed by atoms with Gasteiger partial charge in [-0.3, -0.25) is 0 Å². The van der Waals surface area contributed by atoms with Crippen molar-refractivity contribution in [3.8, 4) is 0 Å². The first-order chi connectivity index (χ1) is 5.54. The number of carbonyl (C=O) groups excluding carboxylic acids is 1. The van der Waals surface area contributed by atoms with Crippen LogP contribution in [0.15, 0.2) is 0 Å². The quantitative estimate of drug-likeness (QED) is 0.248. The molecule has 0 aliphatic carbocycles. The Labute approximate surface area is 75.1 Å². The largest absolute Gasteiger partial charge is 0.394 e. The van der Waals surface area contributed by atoms with E-state index in [1.165, 1.54) is 0 Å². The molecule has 0 aliphatic rings. The first-order valence-electron chi connectivity index (χ1n) is 3.33. The lowest BCUT2D eigenvalue weighted by Crippen LogP contribution is -2.44. The molecule has 0 fully saturated rings. The fourth-order valence-electron chi connectivity index (χ4n) is 0.618. The Morgan fingerprint density at radius 2 is 1.75 bits per heavy atom. The molecule has 4 N–H and O–H groups in total. The molecule has 6 heteroatoms. The zero-order chi connectivity index (χ0) is 9.72. The highest BCUT2D eigenvalue weighted by Gasteiger charge is 2.28. The summed E-state index contributed by atoms with van der Waals surface area (Å²) in [6.07, 6.45) is -4.17. The fraction of sp³-hybridized carbons (Fsp3) is 0.833. The molecule has 0 aliphatic heterocycles. The van der Waals surface area contributed by atoms with Crippen LogP contribution in [-0.2, 0) is 4.79 Å². The first-order valence-corrected chi connectivity index (χ1v) is 3.84. The van der Waals surface area contributed by atoms with Crippen LogP contribution in [0.3, 0.4) is 0 Å². The minimum Gasteiger partial charge on any atom is -0.394 e. The highest BCUT2D eigenvalue weighted by atomic mass is 32.1. The Bertz CT molecular complexity index is 142. The number of hydrogen-bond acceptors (Lipinski definition) is 6. The van der Waals surface area contributed by atoms with E-state index in [0.717, 1.165) is 0 Å². The van der Waals surface area contributed by atoms with Crippen LogP contribution in [0.5, 0.6) is 0 Å². The Balaban J connectivity index is 4.07. The van der Waals surface area contributed by atoms with Crippen LogP contribution in [0, 0.1) is 0 Å². The molecule has 0 saturated carbocycles. The number of hydrogen-bond donors (Lipinski definition) is 5. The van der Waals surface area contributed by atoms with Gasteiger partial charge in [0.15, 0.2) is 0 Å². The number of aldehydes is 1. The van der Waals surface area contributed by atoms with Crippen molar-refractivity contribution in [3.63, 3.8) is 0 Å². The minimum absolute atomic E-state index is 0.334. The molecule has 0 saturated heterocycles. The molecular formula is C6H12O5S. The van der Waals surface area contributed by atoms with Crippen molar-refractivity contribution in [1.82, 2.24) is 0 Å². The third-order valence-electron chi connectivity index (χ3n) is 1.42. The summed E-state index contributed by atoms with van der Waals surface area (Å²) in [5, 5.41) is 34.2. The van der Waals surface area contributed by atoms with Gasteiger partial charge >= 0.3 is 0 Å². The highest BCUT2D eigenvalue weighted by molar-refractivity contribution is 7.81. The average molecular weight is 196 g/mol. The molecule has 0 heterocycles. The summed E-state index contributed by atoms with van der Waals surface area (Å²) in [4.78, 5) is 10.1. The summed E-state index contributed by atoms with van der Waals surface area (Å²) in [5.41, 5.74) is 0. The normalized spacial score (nSPS) is 21.1. The lowest BCUT2D eigenvalue weighted by Gasteiger charge is -2.22. The third kappa shape index (κ3) is 3.08. The van der Waals surface area contributed by atoms with Crippen LogP contribution in [0.1, 0.15) is 0 Å². The van der Waals surface area contributed by atoms with Crippen molar-refractivity contribution < 1.29 is 25.2 Å². The van der Waals surface area contributed by atoms with Crippen LogP contribution < -0.4 is 0 Å². The van der Waals surface area contributed by atoms with Crippen molar-refractivity contribution in [2.75, 3.05) is 6.61 Å². The Kier molecular flexibility index (Phi) is 5.43. The number of aliphatic hydroxyl groups excluding tert-OH is 4. The predicted molar refractivity (Wildman–Crippen MR) is 43.9 cm³/mol. The zero-order valence-corrected chi connectivity index (χ0v) is 7.13. The van der Waals surface area contributed by atoms with Crippen molar-refractivity contribution in [3.05, 3.63) is 0 Å². The van der Waals surface area contributed by atoms with E-state index in [0.29, 0.717) is 6.29 Å². The maximum atomic E-state index is 10.1.